The van der Waals surface area contributed by atoms with Crippen molar-refractivity contribution in [1.82, 2.24) is 0 Å². The van der Waals surface area contributed by atoms with Gasteiger partial charge in [-0.25, -0.2) is 4.79 Å². The first kappa shape index (κ1) is 15.3. The van der Waals surface area contributed by atoms with Gasteiger partial charge in [-0.1, -0.05) is 0 Å². The molecule has 0 aromatic heterocycles. The Morgan fingerprint density at radius 3 is 2.42 bits per heavy atom. The van der Waals surface area contributed by atoms with Gasteiger partial charge in [0, 0.05) is 0 Å². The Bertz CT molecular complexity index is 434. The highest BCUT2D eigenvalue weighted by molar-refractivity contribution is 5.88. The SMILES string of the molecule is COc1cc(C(=O)O)ccc1OCCOC(C)(C)C. The number of methoxy groups -OCH3 is 1. The molecule has 106 valence electrons. The van der Waals surface area contributed by atoms with Crippen LogP contribution in [0.2, 0.25) is 0 Å². The molecule has 0 heterocycles. The van der Waals surface area contributed by atoms with E-state index in [-0.39, 0.29) is 11.2 Å². The van der Waals surface area contributed by atoms with Crippen LogP contribution in [0.25, 0.3) is 0 Å². The highest BCUT2D eigenvalue weighted by Crippen LogP contribution is 2.28. The number of aromatic carboxylic acids is 1. The molecular formula is C14H20O5. The van der Waals surface area contributed by atoms with Crippen LogP contribution in [0.5, 0.6) is 11.5 Å². The molecule has 1 aromatic rings. The second-order valence-electron chi connectivity index (χ2n) is 4.98. The molecule has 0 unspecified atom stereocenters. The van der Waals surface area contributed by atoms with E-state index in [1.54, 1.807) is 6.07 Å². The van der Waals surface area contributed by atoms with Gasteiger partial charge in [0.15, 0.2) is 11.5 Å². The molecule has 0 saturated heterocycles. The molecule has 0 aliphatic carbocycles. The molecule has 0 amide bonds. The molecule has 5 nitrogen and oxygen atoms in total. The van der Waals surface area contributed by atoms with Crippen molar-refractivity contribution in [3.63, 3.8) is 0 Å². The van der Waals surface area contributed by atoms with Crippen LogP contribution in [0.3, 0.4) is 0 Å². The zero-order chi connectivity index (χ0) is 14.5. The molecule has 5 heteroatoms. The standard InChI is InChI=1S/C14H20O5/c1-14(2,3)19-8-7-18-11-6-5-10(13(15)16)9-12(11)17-4/h5-6,9H,7-8H2,1-4H3,(H,15,16). The quantitative estimate of drug-likeness (QED) is 0.803. The molecule has 0 aliphatic heterocycles. The van der Waals surface area contributed by atoms with E-state index in [2.05, 4.69) is 0 Å². The van der Waals surface area contributed by atoms with Gasteiger partial charge in [0.25, 0.3) is 0 Å². The third-order valence-electron chi connectivity index (χ3n) is 2.29. The molecular weight excluding hydrogens is 248 g/mol. The van der Waals surface area contributed by atoms with E-state index < -0.39 is 5.97 Å². The first-order valence-corrected chi connectivity index (χ1v) is 6.01. The maximum atomic E-state index is 10.8. The summed E-state index contributed by atoms with van der Waals surface area (Å²) in [5.74, 6) is -0.0958. The summed E-state index contributed by atoms with van der Waals surface area (Å²) in [6, 6.07) is 4.49. The largest absolute Gasteiger partial charge is 0.493 e. The number of ether oxygens (including phenoxy) is 3. The summed E-state index contributed by atoms with van der Waals surface area (Å²) >= 11 is 0. The van der Waals surface area contributed by atoms with E-state index in [4.69, 9.17) is 19.3 Å². The van der Waals surface area contributed by atoms with Crippen molar-refractivity contribution in [2.75, 3.05) is 20.3 Å². The smallest absolute Gasteiger partial charge is 0.335 e. The van der Waals surface area contributed by atoms with Crippen LogP contribution >= 0.6 is 0 Å². The summed E-state index contributed by atoms with van der Waals surface area (Å²) in [6.07, 6.45) is 0. The van der Waals surface area contributed by atoms with Gasteiger partial charge in [-0.05, 0) is 39.0 Å². The molecule has 1 aromatic carbocycles. The fraction of sp³-hybridized carbons (Fsp3) is 0.500. The van der Waals surface area contributed by atoms with Crippen LogP contribution in [0.4, 0.5) is 0 Å². The van der Waals surface area contributed by atoms with E-state index >= 15 is 0 Å². The first-order chi connectivity index (χ1) is 8.83. The molecule has 0 saturated carbocycles. The number of carboxylic acids is 1. The van der Waals surface area contributed by atoms with Crippen molar-refractivity contribution in [2.45, 2.75) is 26.4 Å². The molecule has 0 aliphatic rings. The van der Waals surface area contributed by atoms with Crippen LogP contribution in [0.1, 0.15) is 31.1 Å². The van der Waals surface area contributed by atoms with Gasteiger partial charge in [0.1, 0.15) is 6.61 Å². The topological polar surface area (TPSA) is 65.0 Å². The van der Waals surface area contributed by atoms with Crippen LogP contribution in [0, 0.1) is 0 Å². The molecule has 0 bridgehead atoms. The highest BCUT2D eigenvalue weighted by atomic mass is 16.5. The minimum Gasteiger partial charge on any atom is -0.493 e. The Morgan fingerprint density at radius 1 is 1.21 bits per heavy atom. The summed E-state index contributed by atoms with van der Waals surface area (Å²) in [5.41, 5.74) is -0.0456. The van der Waals surface area contributed by atoms with Crippen LogP contribution in [0.15, 0.2) is 18.2 Å². The molecule has 0 spiro atoms. The number of rotatable bonds is 6. The number of benzene rings is 1. The number of hydrogen-bond donors (Lipinski definition) is 1. The minimum absolute atomic E-state index is 0.162. The third kappa shape index (κ3) is 5.18. The Balaban J connectivity index is 2.61. The van der Waals surface area contributed by atoms with E-state index in [1.807, 2.05) is 20.8 Å². The average molecular weight is 268 g/mol. The maximum Gasteiger partial charge on any atom is 0.335 e. The molecule has 19 heavy (non-hydrogen) atoms. The van der Waals surface area contributed by atoms with Gasteiger partial charge < -0.3 is 19.3 Å². The van der Waals surface area contributed by atoms with Crippen molar-refractivity contribution >= 4 is 5.97 Å². The van der Waals surface area contributed by atoms with Gasteiger partial charge in [-0.3, -0.25) is 0 Å². The summed E-state index contributed by atoms with van der Waals surface area (Å²) < 4.78 is 16.1. The third-order valence-corrected chi connectivity index (χ3v) is 2.29. The second kappa shape index (κ2) is 6.43. The van der Waals surface area contributed by atoms with Gasteiger partial charge in [0.05, 0.1) is 24.9 Å². The zero-order valence-electron chi connectivity index (χ0n) is 11.7. The lowest BCUT2D eigenvalue weighted by Crippen LogP contribution is -2.22. The highest BCUT2D eigenvalue weighted by Gasteiger charge is 2.12. The Labute approximate surface area is 113 Å². The zero-order valence-corrected chi connectivity index (χ0v) is 11.7. The van der Waals surface area contributed by atoms with Crippen molar-refractivity contribution in [3.05, 3.63) is 23.8 Å². The van der Waals surface area contributed by atoms with Crippen molar-refractivity contribution in [1.29, 1.82) is 0 Å². The molecule has 1 N–H and O–H groups in total. The predicted molar refractivity (Wildman–Crippen MR) is 71.2 cm³/mol. The maximum absolute atomic E-state index is 10.8. The lowest BCUT2D eigenvalue weighted by Gasteiger charge is -2.19. The van der Waals surface area contributed by atoms with Crippen molar-refractivity contribution in [3.8, 4) is 11.5 Å². The molecule has 0 atom stereocenters. The van der Waals surface area contributed by atoms with E-state index in [0.717, 1.165) is 0 Å². The second-order valence-corrected chi connectivity index (χ2v) is 4.98. The van der Waals surface area contributed by atoms with E-state index in [9.17, 15) is 4.79 Å². The van der Waals surface area contributed by atoms with Crippen LogP contribution in [-0.4, -0.2) is 37.0 Å². The van der Waals surface area contributed by atoms with E-state index in [0.29, 0.717) is 24.7 Å². The molecule has 0 radical (unpaired) electrons. The number of carboxylic acid groups (broad SMARTS) is 1. The van der Waals surface area contributed by atoms with Crippen molar-refractivity contribution in [2.24, 2.45) is 0 Å². The van der Waals surface area contributed by atoms with Gasteiger partial charge in [0.2, 0.25) is 0 Å². The van der Waals surface area contributed by atoms with Gasteiger partial charge >= 0.3 is 5.97 Å². The Kier molecular flexibility index (Phi) is 5.18. The lowest BCUT2D eigenvalue weighted by molar-refractivity contribution is -0.0165. The number of hydrogen-bond acceptors (Lipinski definition) is 4. The number of carbonyl (C=O) groups is 1. The lowest BCUT2D eigenvalue weighted by atomic mass is 10.2. The Hall–Kier alpha value is -1.75. The summed E-state index contributed by atoms with van der Waals surface area (Å²) in [7, 11) is 1.47. The minimum atomic E-state index is -0.999. The fourth-order valence-electron chi connectivity index (χ4n) is 1.42. The van der Waals surface area contributed by atoms with Crippen molar-refractivity contribution < 1.29 is 24.1 Å². The summed E-state index contributed by atoms with van der Waals surface area (Å²) in [6.45, 7) is 6.73. The first-order valence-electron chi connectivity index (χ1n) is 6.01. The predicted octanol–water partition coefficient (Wildman–Crippen LogP) is 2.59. The molecule has 0 fully saturated rings. The van der Waals surface area contributed by atoms with Gasteiger partial charge in [-0.15, -0.1) is 0 Å². The van der Waals surface area contributed by atoms with Gasteiger partial charge in [-0.2, -0.15) is 0 Å². The molecule has 1 rings (SSSR count). The van der Waals surface area contributed by atoms with E-state index in [1.165, 1.54) is 19.2 Å². The normalized spacial score (nSPS) is 11.2. The summed E-state index contributed by atoms with van der Waals surface area (Å²) in [5, 5.41) is 8.88. The van der Waals surface area contributed by atoms with Crippen LogP contribution in [-0.2, 0) is 4.74 Å². The van der Waals surface area contributed by atoms with Crippen LogP contribution < -0.4 is 9.47 Å². The average Bonchev–Trinajstić information content (AvgIpc) is 2.33. The fourth-order valence-corrected chi connectivity index (χ4v) is 1.42. The summed E-state index contributed by atoms with van der Waals surface area (Å²) in [4.78, 5) is 10.8. The monoisotopic (exact) mass is 268 g/mol. The Morgan fingerprint density at radius 2 is 1.89 bits per heavy atom.